The quantitative estimate of drug-likeness (QED) is 0.524. The molecule has 1 fully saturated rings. The fourth-order valence-corrected chi connectivity index (χ4v) is 3.67. The predicted molar refractivity (Wildman–Crippen MR) is 130 cm³/mol. The van der Waals surface area contributed by atoms with Gasteiger partial charge in [-0.1, -0.05) is 0 Å². The molecule has 1 saturated heterocycles. The summed E-state index contributed by atoms with van der Waals surface area (Å²) in [5, 5.41) is 5.82. The molecule has 174 valence electrons. The van der Waals surface area contributed by atoms with Gasteiger partial charge in [0.15, 0.2) is 0 Å². The van der Waals surface area contributed by atoms with Crippen LogP contribution in [-0.4, -0.2) is 87.3 Å². The molecule has 2 N–H and O–H groups in total. The van der Waals surface area contributed by atoms with Crippen LogP contribution >= 0.6 is 0 Å². The van der Waals surface area contributed by atoms with Crippen molar-refractivity contribution in [2.75, 3.05) is 76.7 Å². The molecule has 1 aromatic carbocycles. The van der Waals surface area contributed by atoms with E-state index in [4.69, 9.17) is 4.74 Å². The maximum atomic E-state index is 12.1. The van der Waals surface area contributed by atoms with Crippen LogP contribution in [0.4, 0.5) is 16.2 Å². The van der Waals surface area contributed by atoms with Gasteiger partial charge in [0.1, 0.15) is 5.75 Å². The molecule has 8 heteroatoms. The van der Waals surface area contributed by atoms with E-state index in [1.807, 2.05) is 36.7 Å². The van der Waals surface area contributed by atoms with Crippen LogP contribution in [0.15, 0.2) is 48.8 Å². The molecule has 1 aliphatic rings. The number of carbonyl (C=O) groups is 1. The summed E-state index contributed by atoms with van der Waals surface area (Å²) in [6, 6.07) is 11.4. The van der Waals surface area contributed by atoms with E-state index in [0.29, 0.717) is 13.2 Å². The zero-order valence-electron chi connectivity index (χ0n) is 19.3. The SMILES string of the molecule is CN(C)CCCOc1ccc(NC(=O)NCCCN2CCN(c3ccncc3)CC2)cc1. The normalized spacial score (nSPS) is 14.4. The van der Waals surface area contributed by atoms with Crippen molar-refractivity contribution in [1.82, 2.24) is 20.1 Å². The Hall–Kier alpha value is -2.84. The van der Waals surface area contributed by atoms with Crippen LogP contribution in [0.2, 0.25) is 0 Å². The molecule has 0 unspecified atom stereocenters. The van der Waals surface area contributed by atoms with E-state index in [1.54, 1.807) is 0 Å². The van der Waals surface area contributed by atoms with Gasteiger partial charge in [-0.2, -0.15) is 0 Å². The number of hydrogen-bond donors (Lipinski definition) is 2. The summed E-state index contributed by atoms with van der Waals surface area (Å²) >= 11 is 0. The van der Waals surface area contributed by atoms with Crippen molar-refractivity contribution in [2.24, 2.45) is 0 Å². The second kappa shape index (κ2) is 12.9. The molecule has 2 aromatic rings. The molecule has 0 bridgehead atoms. The smallest absolute Gasteiger partial charge is 0.319 e. The first-order valence-electron chi connectivity index (χ1n) is 11.4. The number of piperazine rings is 1. The molecule has 2 amide bonds. The first-order valence-corrected chi connectivity index (χ1v) is 11.4. The van der Waals surface area contributed by atoms with Crippen LogP contribution in [0.3, 0.4) is 0 Å². The number of carbonyl (C=O) groups excluding carboxylic acids is 1. The largest absolute Gasteiger partial charge is 0.494 e. The summed E-state index contributed by atoms with van der Waals surface area (Å²) in [4.78, 5) is 23.2. The monoisotopic (exact) mass is 440 g/mol. The molecular weight excluding hydrogens is 404 g/mol. The minimum atomic E-state index is -0.174. The van der Waals surface area contributed by atoms with Crippen molar-refractivity contribution >= 4 is 17.4 Å². The van der Waals surface area contributed by atoms with Gasteiger partial charge in [-0.05, 0) is 69.9 Å². The van der Waals surface area contributed by atoms with Crippen molar-refractivity contribution < 1.29 is 9.53 Å². The number of benzene rings is 1. The van der Waals surface area contributed by atoms with Gasteiger partial charge in [-0.25, -0.2) is 4.79 Å². The maximum Gasteiger partial charge on any atom is 0.319 e. The summed E-state index contributed by atoms with van der Waals surface area (Å²) in [5.41, 5.74) is 2.00. The molecule has 8 nitrogen and oxygen atoms in total. The number of nitrogens with one attached hydrogen (secondary N) is 2. The van der Waals surface area contributed by atoms with E-state index in [0.717, 1.165) is 63.5 Å². The van der Waals surface area contributed by atoms with E-state index < -0.39 is 0 Å². The first kappa shape index (κ1) is 23.8. The zero-order valence-corrected chi connectivity index (χ0v) is 19.3. The third kappa shape index (κ3) is 8.36. The Kier molecular flexibility index (Phi) is 9.59. The molecule has 32 heavy (non-hydrogen) atoms. The average Bonchev–Trinajstić information content (AvgIpc) is 2.81. The number of pyridine rings is 1. The summed E-state index contributed by atoms with van der Waals surface area (Å²) in [6.45, 7) is 7.45. The summed E-state index contributed by atoms with van der Waals surface area (Å²) in [7, 11) is 4.11. The van der Waals surface area contributed by atoms with Gasteiger partial charge in [0, 0.05) is 63.0 Å². The van der Waals surface area contributed by atoms with Gasteiger partial charge < -0.3 is 25.2 Å². The standard InChI is InChI=1S/C24H36N6O2/c1-28(2)14-4-20-32-23-7-5-21(6-8-23)27-24(31)26-11-3-15-29-16-18-30(19-17-29)22-9-12-25-13-10-22/h5-10,12-13H,3-4,11,14-20H2,1-2H3,(H2,26,27,31). The van der Waals surface area contributed by atoms with Gasteiger partial charge in [0.05, 0.1) is 6.61 Å². The van der Waals surface area contributed by atoms with Crippen molar-refractivity contribution in [1.29, 1.82) is 0 Å². The summed E-state index contributed by atoms with van der Waals surface area (Å²) in [5.74, 6) is 0.818. The molecule has 0 atom stereocenters. The van der Waals surface area contributed by atoms with Crippen molar-refractivity contribution in [3.63, 3.8) is 0 Å². The Morgan fingerprint density at radius 3 is 2.44 bits per heavy atom. The van der Waals surface area contributed by atoms with Crippen molar-refractivity contribution in [2.45, 2.75) is 12.8 Å². The molecule has 3 rings (SSSR count). The third-order valence-corrected chi connectivity index (χ3v) is 5.47. The van der Waals surface area contributed by atoms with Crippen LogP contribution in [0.25, 0.3) is 0 Å². The average molecular weight is 441 g/mol. The van der Waals surface area contributed by atoms with E-state index in [-0.39, 0.29) is 6.03 Å². The van der Waals surface area contributed by atoms with Gasteiger partial charge in [-0.3, -0.25) is 9.88 Å². The number of urea groups is 1. The molecule has 0 radical (unpaired) electrons. The number of anilines is 2. The first-order chi connectivity index (χ1) is 15.6. The van der Waals surface area contributed by atoms with Crippen LogP contribution in [-0.2, 0) is 0 Å². The summed E-state index contributed by atoms with van der Waals surface area (Å²) < 4.78 is 5.72. The Labute approximate surface area is 191 Å². The highest BCUT2D eigenvalue weighted by Crippen LogP contribution is 2.16. The van der Waals surface area contributed by atoms with Crippen molar-refractivity contribution in [3.8, 4) is 5.75 Å². The second-order valence-electron chi connectivity index (χ2n) is 8.30. The van der Waals surface area contributed by atoms with Gasteiger partial charge in [-0.15, -0.1) is 0 Å². The van der Waals surface area contributed by atoms with E-state index in [2.05, 4.69) is 56.5 Å². The second-order valence-corrected chi connectivity index (χ2v) is 8.30. The highest BCUT2D eigenvalue weighted by Gasteiger charge is 2.16. The fraction of sp³-hybridized carbons (Fsp3) is 0.500. The van der Waals surface area contributed by atoms with Gasteiger partial charge >= 0.3 is 6.03 Å². The molecule has 0 saturated carbocycles. The van der Waals surface area contributed by atoms with E-state index in [1.165, 1.54) is 5.69 Å². The highest BCUT2D eigenvalue weighted by molar-refractivity contribution is 5.89. The molecular formula is C24H36N6O2. The number of nitrogens with zero attached hydrogens (tertiary/aromatic N) is 4. The number of rotatable bonds is 11. The minimum absolute atomic E-state index is 0.174. The Morgan fingerprint density at radius 2 is 1.75 bits per heavy atom. The lowest BCUT2D eigenvalue weighted by atomic mass is 10.2. The number of ether oxygens (including phenoxy) is 1. The van der Waals surface area contributed by atoms with Gasteiger partial charge in [0.25, 0.3) is 0 Å². The summed E-state index contributed by atoms with van der Waals surface area (Å²) in [6.07, 6.45) is 5.60. The van der Waals surface area contributed by atoms with Crippen LogP contribution in [0.1, 0.15) is 12.8 Å². The Balaban J connectivity index is 1.25. The molecule has 1 aromatic heterocycles. The minimum Gasteiger partial charge on any atom is -0.494 e. The Bertz CT molecular complexity index is 792. The highest BCUT2D eigenvalue weighted by atomic mass is 16.5. The zero-order chi connectivity index (χ0) is 22.6. The van der Waals surface area contributed by atoms with Gasteiger partial charge in [0.2, 0.25) is 0 Å². The maximum absolute atomic E-state index is 12.1. The Morgan fingerprint density at radius 1 is 1.03 bits per heavy atom. The number of amides is 2. The molecule has 0 aliphatic carbocycles. The van der Waals surface area contributed by atoms with E-state index >= 15 is 0 Å². The topological polar surface area (TPSA) is 73.0 Å². The molecule has 1 aliphatic heterocycles. The third-order valence-electron chi connectivity index (χ3n) is 5.47. The van der Waals surface area contributed by atoms with E-state index in [9.17, 15) is 4.79 Å². The number of hydrogen-bond acceptors (Lipinski definition) is 6. The fourth-order valence-electron chi connectivity index (χ4n) is 3.67. The van der Waals surface area contributed by atoms with Crippen LogP contribution in [0.5, 0.6) is 5.75 Å². The lowest BCUT2D eigenvalue weighted by molar-refractivity contribution is 0.244. The molecule has 2 heterocycles. The van der Waals surface area contributed by atoms with Crippen molar-refractivity contribution in [3.05, 3.63) is 48.8 Å². The van der Waals surface area contributed by atoms with Crippen LogP contribution < -0.4 is 20.3 Å². The lowest BCUT2D eigenvalue weighted by Gasteiger charge is -2.36. The predicted octanol–water partition coefficient (Wildman–Crippen LogP) is 2.75. The van der Waals surface area contributed by atoms with Crippen LogP contribution in [0, 0.1) is 0 Å². The molecule has 0 spiro atoms. The number of aromatic nitrogens is 1. The lowest BCUT2D eigenvalue weighted by Crippen LogP contribution is -2.47.